The number of esters is 1. The molecule has 2 aromatic rings. The summed E-state index contributed by atoms with van der Waals surface area (Å²) in [4.78, 5) is 12.6. The Balaban J connectivity index is 0.00000218. The second-order valence-corrected chi connectivity index (χ2v) is 8.63. The maximum atomic E-state index is 12.6. The van der Waals surface area contributed by atoms with Gasteiger partial charge in [-0.3, -0.25) is 0 Å². The highest BCUT2D eigenvalue weighted by Crippen LogP contribution is 2.46. The highest BCUT2D eigenvalue weighted by atomic mass is 79.9. The van der Waals surface area contributed by atoms with Gasteiger partial charge >= 0.3 is 5.97 Å². The van der Waals surface area contributed by atoms with Crippen molar-refractivity contribution < 1.29 is 45.6 Å². The molecular weight excluding hydrogens is 450 g/mol. The first kappa shape index (κ1) is 21.2. The van der Waals surface area contributed by atoms with Gasteiger partial charge in [-0.1, -0.05) is 30.3 Å². The maximum absolute atomic E-state index is 12.6. The first-order chi connectivity index (χ1) is 14.0. The number of quaternary nitrogens is 1. The molecule has 0 aromatic heterocycles. The topological polar surface area (TPSA) is 65.0 Å². The lowest BCUT2D eigenvalue weighted by Crippen LogP contribution is -3.00. The van der Waals surface area contributed by atoms with E-state index in [9.17, 15) is 9.90 Å². The number of fused-ring (bicyclic) bond motifs is 3. The number of hydrogen-bond acceptors (Lipinski definition) is 5. The molecule has 0 radical (unpaired) electrons. The van der Waals surface area contributed by atoms with Crippen molar-refractivity contribution in [2.24, 2.45) is 5.92 Å². The summed E-state index contributed by atoms with van der Waals surface area (Å²) in [5.74, 6) is 1.38. The van der Waals surface area contributed by atoms with Crippen LogP contribution in [0.4, 0.5) is 0 Å². The van der Waals surface area contributed by atoms with Gasteiger partial charge in [-0.2, -0.15) is 0 Å². The molecule has 2 bridgehead atoms. The second-order valence-electron chi connectivity index (χ2n) is 8.63. The fraction of sp³-hybridized carbons (Fsp3) is 0.435. The highest BCUT2D eigenvalue weighted by molar-refractivity contribution is 5.76. The van der Waals surface area contributed by atoms with Crippen LogP contribution in [0.2, 0.25) is 0 Å². The molecule has 7 heteroatoms. The van der Waals surface area contributed by atoms with Gasteiger partial charge in [0, 0.05) is 12.0 Å². The highest BCUT2D eigenvalue weighted by Gasteiger charge is 2.58. The predicted molar refractivity (Wildman–Crippen MR) is 105 cm³/mol. The van der Waals surface area contributed by atoms with Gasteiger partial charge < -0.3 is 40.8 Å². The minimum Gasteiger partial charge on any atom is -1.00 e. The number of hydrogen-bond donors (Lipinski definition) is 1. The standard InChI is InChI=1S/C23H26NO5.BrH/c1-24(12-15-7-10-19-20(11-15)28-14-27-19)13-17-8-9-18(24)22(17)29-23(26)21(25)16-5-3-2-4-6-16;/h2-7,10-11,17-18,21-22,25H,8-9,12-14H2,1H3;1H/q+1;/p-1/t17?,18-,21?,22?,24?;/m1./s1. The Kier molecular flexibility index (Phi) is 5.79. The maximum Gasteiger partial charge on any atom is 0.340 e. The van der Waals surface area contributed by atoms with Gasteiger partial charge in [0.15, 0.2) is 23.7 Å². The number of nitrogens with zero attached hydrogens (tertiary/aromatic N) is 1. The number of piperidine rings is 1. The predicted octanol–water partition coefficient (Wildman–Crippen LogP) is -0.196. The fourth-order valence-corrected chi connectivity index (χ4v) is 5.34. The Morgan fingerprint density at radius 3 is 2.73 bits per heavy atom. The van der Waals surface area contributed by atoms with E-state index in [4.69, 9.17) is 14.2 Å². The van der Waals surface area contributed by atoms with Crippen LogP contribution < -0.4 is 26.5 Å². The van der Waals surface area contributed by atoms with E-state index in [1.807, 2.05) is 24.3 Å². The fourth-order valence-electron chi connectivity index (χ4n) is 5.34. The van der Waals surface area contributed by atoms with Crippen molar-refractivity contribution in [3.63, 3.8) is 0 Å². The molecule has 2 aromatic carbocycles. The summed E-state index contributed by atoms with van der Waals surface area (Å²) in [6.07, 6.45) is 0.730. The molecule has 30 heavy (non-hydrogen) atoms. The number of rotatable bonds is 5. The van der Waals surface area contributed by atoms with Crippen LogP contribution in [0, 0.1) is 5.92 Å². The molecule has 4 unspecified atom stereocenters. The third-order valence-electron chi connectivity index (χ3n) is 6.70. The number of likely N-dealkylation sites (tertiary alicyclic amines) is 1. The third kappa shape index (κ3) is 3.70. The smallest absolute Gasteiger partial charge is 0.340 e. The minimum absolute atomic E-state index is 0. The molecule has 5 rings (SSSR count). The Morgan fingerprint density at radius 1 is 1.17 bits per heavy atom. The Hall–Kier alpha value is -2.09. The molecule has 3 aliphatic rings. The number of halogens is 1. The molecular formula is C23H26BrNO5. The Bertz CT molecular complexity index is 923. The van der Waals surface area contributed by atoms with E-state index < -0.39 is 12.1 Å². The van der Waals surface area contributed by atoms with Crippen molar-refractivity contribution >= 4 is 5.97 Å². The van der Waals surface area contributed by atoms with Gasteiger partial charge in [-0.15, -0.1) is 0 Å². The zero-order valence-electron chi connectivity index (χ0n) is 16.9. The minimum atomic E-state index is -1.23. The first-order valence-corrected chi connectivity index (χ1v) is 10.2. The molecule has 0 amide bonds. The number of aliphatic hydroxyl groups is 1. The van der Waals surface area contributed by atoms with E-state index >= 15 is 0 Å². The van der Waals surface area contributed by atoms with Gasteiger partial charge in [-0.05, 0) is 30.2 Å². The molecule has 2 heterocycles. The Morgan fingerprint density at radius 2 is 1.93 bits per heavy atom. The summed E-state index contributed by atoms with van der Waals surface area (Å²) < 4.78 is 17.6. The Labute approximate surface area is 186 Å². The van der Waals surface area contributed by atoms with Crippen molar-refractivity contribution in [1.82, 2.24) is 0 Å². The zero-order valence-corrected chi connectivity index (χ0v) is 18.5. The van der Waals surface area contributed by atoms with Crippen LogP contribution in [0.1, 0.15) is 30.1 Å². The van der Waals surface area contributed by atoms with E-state index in [0.717, 1.165) is 41.9 Å². The van der Waals surface area contributed by atoms with Gasteiger partial charge in [0.1, 0.15) is 12.6 Å². The lowest BCUT2D eigenvalue weighted by atomic mass is 10.1. The molecule has 1 N–H and O–H groups in total. The molecule has 6 nitrogen and oxygen atoms in total. The van der Waals surface area contributed by atoms with Gasteiger partial charge in [0.2, 0.25) is 6.79 Å². The van der Waals surface area contributed by atoms with Crippen molar-refractivity contribution in [3.05, 3.63) is 59.7 Å². The molecule has 1 saturated heterocycles. The molecule has 0 spiro atoms. The zero-order chi connectivity index (χ0) is 20.0. The van der Waals surface area contributed by atoms with Crippen LogP contribution in [0.5, 0.6) is 11.5 Å². The SMILES string of the molecule is C[N+]1(Cc2ccc3c(c2)OCO3)CC2CC[C@@H]1C2OC(=O)C(O)c1ccccc1.[Br-]. The normalized spacial score (nSPS) is 29.3. The first-order valence-electron chi connectivity index (χ1n) is 10.2. The van der Waals surface area contributed by atoms with Gasteiger partial charge in [0.05, 0.1) is 19.5 Å². The van der Waals surface area contributed by atoms with Crippen LogP contribution in [0.25, 0.3) is 0 Å². The summed E-state index contributed by atoms with van der Waals surface area (Å²) >= 11 is 0. The largest absolute Gasteiger partial charge is 1.00 e. The monoisotopic (exact) mass is 475 g/mol. The van der Waals surface area contributed by atoms with E-state index in [0.29, 0.717) is 11.5 Å². The average molecular weight is 476 g/mol. The van der Waals surface area contributed by atoms with Gasteiger partial charge in [-0.25, -0.2) is 4.79 Å². The summed E-state index contributed by atoms with van der Waals surface area (Å²) in [5, 5.41) is 10.4. The number of carbonyl (C=O) groups is 1. The van der Waals surface area contributed by atoms with Crippen LogP contribution in [-0.4, -0.2) is 48.1 Å². The summed E-state index contributed by atoms with van der Waals surface area (Å²) in [6, 6.07) is 15.3. The summed E-state index contributed by atoms with van der Waals surface area (Å²) in [5.41, 5.74) is 1.76. The van der Waals surface area contributed by atoms with Crippen molar-refractivity contribution in [2.45, 2.75) is 37.6 Å². The molecule has 1 saturated carbocycles. The van der Waals surface area contributed by atoms with E-state index in [1.165, 1.54) is 5.56 Å². The molecule has 1 aliphatic carbocycles. The lowest BCUT2D eigenvalue weighted by Gasteiger charge is -2.38. The number of likely N-dealkylation sites (N-methyl/N-ethyl adjacent to an activating group) is 1. The quantitative estimate of drug-likeness (QED) is 0.479. The van der Waals surface area contributed by atoms with Crippen LogP contribution in [-0.2, 0) is 16.1 Å². The van der Waals surface area contributed by atoms with Crippen LogP contribution in [0.3, 0.4) is 0 Å². The van der Waals surface area contributed by atoms with Crippen molar-refractivity contribution in [2.75, 3.05) is 20.4 Å². The van der Waals surface area contributed by atoms with E-state index in [1.54, 1.807) is 12.1 Å². The number of aliphatic hydroxyl groups excluding tert-OH is 1. The van der Waals surface area contributed by atoms with Gasteiger partial charge in [0.25, 0.3) is 0 Å². The second kappa shape index (κ2) is 8.21. The summed E-state index contributed by atoms with van der Waals surface area (Å²) in [6.45, 7) is 2.10. The number of benzene rings is 2. The lowest BCUT2D eigenvalue weighted by molar-refractivity contribution is -0.939. The molecule has 5 atom stereocenters. The number of ether oxygens (including phenoxy) is 3. The van der Waals surface area contributed by atoms with Crippen molar-refractivity contribution in [1.29, 1.82) is 0 Å². The van der Waals surface area contributed by atoms with Crippen LogP contribution in [0.15, 0.2) is 48.5 Å². The molecule has 2 fully saturated rings. The van der Waals surface area contributed by atoms with Crippen molar-refractivity contribution in [3.8, 4) is 11.5 Å². The average Bonchev–Trinajstić information content (AvgIpc) is 3.41. The molecule has 2 aliphatic heterocycles. The molecule has 160 valence electrons. The third-order valence-corrected chi connectivity index (χ3v) is 6.70. The summed E-state index contributed by atoms with van der Waals surface area (Å²) in [7, 11) is 2.24. The van der Waals surface area contributed by atoms with E-state index in [2.05, 4.69) is 19.2 Å². The number of carbonyl (C=O) groups excluding carboxylic acids is 1. The van der Waals surface area contributed by atoms with E-state index in [-0.39, 0.29) is 35.9 Å². The van der Waals surface area contributed by atoms with Crippen LogP contribution >= 0.6 is 0 Å².